The molecule has 2 aromatic carbocycles. The van der Waals surface area contributed by atoms with E-state index in [-0.39, 0.29) is 11.8 Å². The zero-order valence-electron chi connectivity index (χ0n) is 15.2. The maximum atomic E-state index is 12.4. The Hall–Kier alpha value is -2.73. The lowest BCUT2D eigenvalue weighted by Crippen LogP contribution is -2.30. The van der Waals surface area contributed by atoms with Gasteiger partial charge >= 0.3 is 0 Å². The molecule has 1 atom stereocenters. The van der Waals surface area contributed by atoms with Gasteiger partial charge in [0.05, 0.1) is 12.8 Å². The highest BCUT2D eigenvalue weighted by molar-refractivity contribution is 6.30. The number of ether oxygens (including phenoxy) is 2. The third-order valence-corrected chi connectivity index (χ3v) is 4.52. The molecular weight excluding hydrogens is 368 g/mol. The molecule has 6 nitrogen and oxygen atoms in total. The number of methoxy groups -OCH3 is 1. The summed E-state index contributed by atoms with van der Waals surface area (Å²) >= 11 is 5.93. The first-order chi connectivity index (χ1) is 13.0. The lowest BCUT2D eigenvalue weighted by Gasteiger charge is -2.20. The first-order valence-corrected chi connectivity index (χ1v) is 9.07. The Bertz CT molecular complexity index is 856. The molecule has 2 aromatic rings. The fourth-order valence-corrected chi connectivity index (χ4v) is 3.10. The van der Waals surface area contributed by atoms with Crippen LogP contribution in [0.2, 0.25) is 5.02 Å². The van der Waals surface area contributed by atoms with E-state index in [0.29, 0.717) is 40.9 Å². The van der Waals surface area contributed by atoms with Gasteiger partial charge in [0.25, 0.3) is 5.91 Å². The average molecular weight is 389 g/mol. The number of hydrogen-bond acceptors (Lipinski definition) is 4. The Labute approximate surface area is 163 Å². The molecule has 1 N–H and O–H groups in total. The maximum Gasteiger partial charge on any atom is 0.265 e. The number of benzene rings is 2. The fraction of sp³-hybridized carbons (Fsp3) is 0.300. The van der Waals surface area contributed by atoms with Crippen molar-refractivity contribution < 1.29 is 19.1 Å². The third-order valence-electron chi connectivity index (χ3n) is 4.29. The third kappa shape index (κ3) is 4.52. The summed E-state index contributed by atoms with van der Waals surface area (Å²) < 4.78 is 11.0. The van der Waals surface area contributed by atoms with E-state index >= 15 is 0 Å². The van der Waals surface area contributed by atoms with Gasteiger partial charge in [-0.1, -0.05) is 17.7 Å². The van der Waals surface area contributed by atoms with Crippen LogP contribution in [0.25, 0.3) is 0 Å². The van der Waals surface area contributed by atoms with Gasteiger partial charge in [-0.05, 0) is 43.7 Å². The van der Waals surface area contributed by atoms with Crippen molar-refractivity contribution in [2.24, 2.45) is 0 Å². The van der Waals surface area contributed by atoms with Crippen molar-refractivity contribution in [3.05, 3.63) is 47.5 Å². The van der Waals surface area contributed by atoms with E-state index < -0.39 is 6.10 Å². The standard InChI is InChI=1S/C20H21ClN2O4/c1-13(27-16-6-3-5-14(21)11-16)20(25)22-15-8-9-17(18(12-15)26-2)23-10-4-7-19(23)24/h3,5-6,8-9,11-13H,4,7,10H2,1-2H3,(H,22,25). The molecule has 1 fully saturated rings. The van der Waals surface area contributed by atoms with Gasteiger partial charge in [0.15, 0.2) is 6.10 Å². The van der Waals surface area contributed by atoms with Crippen LogP contribution >= 0.6 is 11.6 Å². The van der Waals surface area contributed by atoms with Crippen molar-refractivity contribution in [2.45, 2.75) is 25.9 Å². The fourth-order valence-electron chi connectivity index (χ4n) is 2.92. The summed E-state index contributed by atoms with van der Waals surface area (Å²) in [6, 6.07) is 12.1. The monoisotopic (exact) mass is 388 g/mol. The quantitative estimate of drug-likeness (QED) is 0.815. The van der Waals surface area contributed by atoms with Crippen LogP contribution in [0.5, 0.6) is 11.5 Å². The van der Waals surface area contributed by atoms with E-state index in [1.165, 1.54) is 7.11 Å². The minimum absolute atomic E-state index is 0.0774. The Kier molecular flexibility index (Phi) is 5.86. The number of nitrogens with zero attached hydrogens (tertiary/aromatic N) is 1. The predicted octanol–water partition coefficient (Wildman–Crippen LogP) is 3.88. The van der Waals surface area contributed by atoms with E-state index in [1.54, 1.807) is 54.3 Å². The zero-order valence-corrected chi connectivity index (χ0v) is 16.0. The molecule has 0 spiro atoms. The van der Waals surface area contributed by atoms with Crippen molar-refractivity contribution in [1.82, 2.24) is 0 Å². The van der Waals surface area contributed by atoms with Crippen molar-refractivity contribution in [3.63, 3.8) is 0 Å². The van der Waals surface area contributed by atoms with Gasteiger partial charge in [0.1, 0.15) is 11.5 Å². The number of anilines is 2. The number of amides is 2. The van der Waals surface area contributed by atoms with Crippen LogP contribution in [0.15, 0.2) is 42.5 Å². The highest BCUT2D eigenvalue weighted by Gasteiger charge is 2.25. The van der Waals surface area contributed by atoms with Gasteiger partial charge in [-0.15, -0.1) is 0 Å². The molecule has 3 rings (SSSR count). The summed E-state index contributed by atoms with van der Waals surface area (Å²) in [5.41, 5.74) is 1.27. The van der Waals surface area contributed by atoms with E-state index in [9.17, 15) is 9.59 Å². The summed E-state index contributed by atoms with van der Waals surface area (Å²) in [4.78, 5) is 26.1. The summed E-state index contributed by atoms with van der Waals surface area (Å²) in [6.07, 6.45) is 0.660. The summed E-state index contributed by atoms with van der Waals surface area (Å²) in [6.45, 7) is 2.33. The second-order valence-corrected chi connectivity index (χ2v) is 6.68. The maximum absolute atomic E-state index is 12.4. The lowest BCUT2D eigenvalue weighted by molar-refractivity contribution is -0.122. The molecule has 1 saturated heterocycles. The highest BCUT2D eigenvalue weighted by atomic mass is 35.5. The topological polar surface area (TPSA) is 67.9 Å². The molecule has 27 heavy (non-hydrogen) atoms. The number of carbonyl (C=O) groups excluding carboxylic acids is 2. The molecule has 0 bridgehead atoms. The number of rotatable bonds is 6. The largest absolute Gasteiger partial charge is 0.494 e. The Balaban J connectivity index is 1.69. The molecule has 2 amide bonds. The smallest absolute Gasteiger partial charge is 0.265 e. The molecule has 1 aliphatic rings. The molecule has 0 aromatic heterocycles. The number of halogens is 1. The Morgan fingerprint density at radius 2 is 2.07 bits per heavy atom. The van der Waals surface area contributed by atoms with E-state index in [2.05, 4.69) is 5.32 Å². The molecular formula is C20H21ClN2O4. The number of hydrogen-bond donors (Lipinski definition) is 1. The zero-order chi connectivity index (χ0) is 19.4. The van der Waals surface area contributed by atoms with Gasteiger partial charge in [0, 0.05) is 29.7 Å². The SMILES string of the molecule is COc1cc(NC(=O)C(C)Oc2cccc(Cl)c2)ccc1N1CCCC1=O. The molecule has 142 valence electrons. The van der Waals surface area contributed by atoms with E-state index in [4.69, 9.17) is 21.1 Å². The molecule has 7 heteroatoms. The average Bonchev–Trinajstić information content (AvgIpc) is 3.07. The highest BCUT2D eigenvalue weighted by Crippen LogP contribution is 2.34. The van der Waals surface area contributed by atoms with E-state index in [0.717, 1.165) is 6.42 Å². The van der Waals surface area contributed by atoms with Crippen molar-refractivity contribution in [1.29, 1.82) is 0 Å². The van der Waals surface area contributed by atoms with Gasteiger partial charge in [-0.2, -0.15) is 0 Å². The molecule has 0 radical (unpaired) electrons. The number of carbonyl (C=O) groups is 2. The predicted molar refractivity (Wildman–Crippen MR) is 105 cm³/mol. The molecule has 0 aliphatic carbocycles. The summed E-state index contributed by atoms with van der Waals surface area (Å²) in [5, 5.41) is 3.34. The van der Waals surface area contributed by atoms with Gasteiger partial charge in [0.2, 0.25) is 5.91 Å². The molecule has 0 saturated carbocycles. The minimum atomic E-state index is -0.714. The van der Waals surface area contributed by atoms with Crippen LogP contribution in [-0.2, 0) is 9.59 Å². The summed E-state index contributed by atoms with van der Waals surface area (Å²) in [7, 11) is 1.54. The molecule has 1 heterocycles. The van der Waals surface area contributed by atoms with Crippen LogP contribution in [0.4, 0.5) is 11.4 Å². The van der Waals surface area contributed by atoms with Gasteiger partial charge < -0.3 is 19.7 Å². The first kappa shape index (κ1) is 19.0. The van der Waals surface area contributed by atoms with Crippen molar-refractivity contribution >= 4 is 34.8 Å². The van der Waals surface area contributed by atoms with E-state index in [1.807, 2.05) is 0 Å². The van der Waals surface area contributed by atoms with Crippen LogP contribution in [0, 0.1) is 0 Å². The minimum Gasteiger partial charge on any atom is -0.494 e. The van der Waals surface area contributed by atoms with Crippen LogP contribution in [0.1, 0.15) is 19.8 Å². The second kappa shape index (κ2) is 8.31. The summed E-state index contributed by atoms with van der Waals surface area (Å²) in [5.74, 6) is 0.827. The molecule has 1 aliphatic heterocycles. The first-order valence-electron chi connectivity index (χ1n) is 8.69. The van der Waals surface area contributed by atoms with Gasteiger partial charge in [-0.3, -0.25) is 9.59 Å². The van der Waals surface area contributed by atoms with Crippen LogP contribution < -0.4 is 19.7 Å². The molecule has 1 unspecified atom stereocenters. The van der Waals surface area contributed by atoms with Crippen LogP contribution in [-0.4, -0.2) is 31.6 Å². The van der Waals surface area contributed by atoms with Gasteiger partial charge in [-0.25, -0.2) is 0 Å². The van der Waals surface area contributed by atoms with Crippen molar-refractivity contribution in [3.8, 4) is 11.5 Å². The Morgan fingerprint density at radius 1 is 1.26 bits per heavy atom. The normalized spacial score (nSPS) is 14.8. The number of nitrogens with one attached hydrogen (secondary N) is 1. The van der Waals surface area contributed by atoms with Crippen LogP contribution in [0.3, 0.4) is 0 Å². The lowest BCUT2D eigenvalue weighted by atomic mass is 10.2. The second-order valence-electron chi connectivity index (χ2n) is 6.24. The Morgan fingerprint density at radius 3 is 2.74 bits per heavy atom. The van der Waals surface area contributed by atoms with Crippen molar-refractivity contribution in [2.75, 3.05) is 23.9 Å².